The zero-order chi connectivity index (χ0) is 12.5. The number of nitrogens with zero attached hydrogens (tertiary/aromatic N) is 2. The van der Waals surface area contributed by atoms with Crippen molar-refractivity contribution in [1.29, 1.82) is 0 Å². The number of ether oxygens (including phenoxy) is 1. The summed E-state index contributed by atoms with van der Waals surface area (Å²) < 4.78 is 40.2. The fourth-order valence-corrected chi connectivity index (χ4v) is 0.717. The number of methoxy groups -OCH3 is 1. The Kier molecular flexibility index (Phi) is 1.06. The SMILES string of the molecule is [2H]c1nc(OC([2H])([2H])[2H])c(C(C)C)nc1[2H]. The van der Waals surface area contributed by atoms with Gasteiger partial charge in [-0.2, -0.15) is 0 Å². The van der Waals surface area contributed by atoms with E-state index in [1.807, 2.05) is 0 Å². The average Bonchev–Trinajstić information content (AvgIpc) is 2.07. The highest BCUT2D eigenvalue weighted by Gasteiger charge is 2.07. The molecule has 0 aromatic carbocycles. The number of hydrogen-bond acceptors (Lipinski definition) is 3. The Morgan fingerprint density at radius 2 is 2.27 bits per heavy atom. The van der Waals surface area contributed by atoms with Crippen molar-refractivity contribution in [1.82, 2.24) is 9.97 Å². The first kappa shape index (κ1) is 3.52. The van der Waals surface area contributed by atoms with Crippen LogP contribution >= 0.6 is 0 Å². The van der Waals surface area contributed by atoms with Gasteiger partial charge in [0, 0.05) is 18.3 Å². The van der Waals surface area contributed by atoms with E-state index in [4.69, 9.17) is 6.85 Å². The van der Waals surface area contributed by atoms with Crippen molar-refractivity contribution in [3.63, 3.8) is 0 Å². The Labute approximate surface area is 73.5 Å². The maximum Gasteiger partial charge on any atom is 0.235 e. The molecule has 1 aromatic rings. The first-order valence-corrected chi connectivity index (χ1v) is 3.25. The van der Waals surface area contributed by atoms with E-state index in [-0.39, 0.29) is 23.7 Å². The van der Waals surface area contributed by atoms with Gasteiger partial charge in [0.1, 0.15) is 5.69 Å². The summed E-state index contributed by atoms with van der Waals surface area (Å²) >= 11 is 0. The fourth-order valence-electron chi connectivity index (χ4n) is 0.717. The Hall–Kier alpha value is -1.12. The summed E-state index contributed by atoms with van der Waals surface area (Å²) in [6.07, 6.45) is -0.690. The van der Waals surface area contributed by atoms with Crippen LogP contribution in [0.15, 0.2) is 12.3 Å². The van der Waals surface area contributed by atoms with Gasteiger partial charge in [0.25, 0.3) is 0 Å². The van der Waals surface area contributed by atoms with Gasteiger partial charge in [0.05, 0.1) is 13.9 Å². The van der Waals surface area contributed by atoms with Crippen LogP contribution in [0.25, 0.3) is 0 Å². The second-order valence-electron chi connectivity index (χ2n) is 2.39. The van der Waals surface area contributed by atoms with E-state index in [1.165, 1.54) is 0 Å². The lowest BCUT2D eigenvalue weighted by Gasteiger charge is -2.07. The Balaban J connectivity index is 3.20. The van der Waals surface area contributed by atoms with E-state index in [1.54, 1.807) is 13.8 Å². The summed E-state index contributed by atoms with van der Waals surface area (Å²) in [7, 11) is -2.63. The molecule has 0 N–H and O–H groups in total. The Morgan fingerprint density at radius 3 is 2.91 bits per heavy atom. The van der Waals surface area contributed by atoms with Crippen molar-refractivity contribution in [3.05, 3.63) is 18.0 Å². The van der Waals surface area contributed by atoms with Crippen LogP contribution in [0.4, 0.5) is 0 Å². The van der Waals surface area contributed by atoms with E-state index in [0.717, 1.165) is 0 Å². The third-order valence-corrected chi connectivity index (χ3v) is 1.25. The van der Waals surface area contributed by atoms with Gasteiger partial charge >= 0.3 is 0 Å². The van der Waals surface area contributed by atoms with Gasteiger partial charge in [0.2, 0.25) is 5.88 Å². The zero-order valence-corrected chi connectivity index (χ0v) is 6.38. The molecule has 0 unspecified atom stereocenters. The highest BCUT2D eigenvalue weighted by Crippen LogP contribution is 2.19. The third kappa shape index (κ3) is 1.67. The molecule has 0 aliphatic heterocycles. The van der Waals surface area contributed by atoms with E-state index >= 15 is 0 Å². The normalized spacial score (nSPS) is 17.9. The van der Waals surface area contributed by atoms with Gasteiger partial charge in [-0.15, -0.1) is 0 Å². The monoisotopic (exact) mass is 157 g/mol. The second kappa shape index (κ2) is 3.32. The predicted octanol–water partition coefficient (Wildman–Crippen LogP) is 1.61. The summed E-state index contributed by atoms with van der Waals surface area (Å²) in [6, 6.07) is 0. The Morgan fingerprint density at radius 1 is 1.55 bits per heavy atom. The molecule has 3 heteroatoms. The third-order valence-electron chi connectivity index (χ3n) is 1.25. The lowest BCUT2D eigenvalue weighted by Crippen LogP contribution is -1.99. The molecule has 0 saturated carbocycles. The van der Waals surface area contributed by atoms with Crippen LogP contribution in [0.3, 0.4) is 0 Å². The van der Waals surface area contributed by atoms with Crippen LogP contribution in [0, 0.1) is 0 Å². The first-order chi connectivity index (χ1) is 7.20. The van der Waals surface area contributed by atoms with E-state index < -0.39 is 13.2 Å². The van der Waals surface area contributed by atoms with E-state index in [0.29, 0.717) is 0 Å². The molecule has 0 aliphatic rings. The van der Waals surface area contributed by atoms with Gasteiger partial charge < -0.3 is 4.74 Å². The van der Waals surface area contributed by atoms with Crippen LogP contribution in [0.1, 0.15) is 32.3 Å². The van der Waals surface area contributed by atoms with Crippen molar-refractivity contribution in [3.8, 4) is 5.88 Å². The van der Waals surface area contributed by atoms with Gasteiger partial charge in [-0.3, -0.25) is 4.98 Å². The molecular weight excluding hydrogens is 140 g/mol. The fraction of sp³-hybridized carbons (Fsp3) is 0.500. The molecule has 0 bridgehead atoms. The summed E-state index contributed by atoms with van der Waals surface area (Å²) in [6.45, 7) is 3.55. The van der Waals surface area contributed by atoms with Crippen LogP contribution < -0.4 is 4.74 Å². The van der Waals surface area contributed by atoms with Crippen molar-refractivity contribution in [2.24, 2.45) is 0 Å². The molecule has 1 aromatic heterocycles. The van der Waals surface area contributed by atoms with E-state index in [9.17, 15) is 0 Å². The second-order valence-corrected chi connectivity index (χ2v) is 2.39. The molecule has 0 aliphatic carbocycles. The van der Waals surface area contributed by atoms with Crippen molar-refractivity contribution in [2.75, 3.05) is 7.04 Å². The zero-order valence-electron chi connectivity index (χ0n) is 11.4. The quantitative estimate of drug-likeness (QED) is 0.654. The molecule has 11 heavy (non-hydrogen) atoms. The highest BCUT2D eigenvalue weighted by molar-refractivity contribution is 5.20. The lowest BCUT2D eigenvalue weighted by atomic mass is 10.1. The van der Waals surface area contributed by atoms with Gasteiger partial charge in [-0.05, 0) is 0 Å². The van der Waals surface area contributed by atoms with Gasteiger partial charge in [-0.1, -0.05) is 13.8 Å². The number of aromatic nitrogens is 2. The molecule has 3 nitrogen and oxygen atoms in total. The molecule has 60 valence electrons. The largest absolute Gasteiger partial charge is 0.480 e. The van der Waals surface area contributed by atoms with Crippen molar-refractivity contribution in [2.45, 2.75) is 19.8 Å². The van der Waals surface area contributed by atoms with Crippen molar-refractivity contribution >= 4 is 0 Å². The van der Waals surface area contributed by atoms with Crippen LogP contribution in [0.5, 0.6) is 5.88 Å². The summed E-state index contributed by atoms with van der Waals surface area (Å²) in [5, 5.41) is 0. The van der Waals surface area contributed by atoms with Gasteiger partial charge in [-0.25, -0.2) is 4.98 Å². The molecule has 0 amide bonds. The van der Waals surface area contributed by atoms with Crippen LogP contribution in [-0.4, -0.2) is 17.0 Å². The maximum absolute atomic E-state index is 7.32. The van der Waals surface area contributed by atoms with E-state index in [2.05, 4.69) is 14.7 Å². The molecule has 0 saturated heterocycles. The standard InChI is InChI=1S/C8H12N2O/c1-6(2)7-8(11-3)10-5-4-9-7/h4-6H,1-3H3/i3D3,4D,5D. The molecular formula is C8H12N2O. The minimum atomic E-state index is -2.63. The molecule has 1 heterocycles. The average molecular weight is 157 g/mol. The first-order valence-electron chi connectivity index (χ1n) is 5.75. The minimum absolute atomic E-state index is 0.130. The molecule has 0 fully saturated rings. The smallest absolute Gasteiger partial charge is 0.235 e. The Bertz CT molecular complexity index is 391. The lowest BCUT2D eigenvalue weighted by molar-refractivity contribution is 0.386. The van der Waals surface area contributed by atoms with Crippen LogP contribution in [0.2, 0.25) is 0 Å². The molecule has 0 radical (unpaired) electrons. The summed E-state index contributed by atoms with van der Waals surface area (Å²) in [5.41, 5.74) is 0.275. The summed E-state index contributed by atoms with van der Waals surface area (Å²) in [4.78, 5) is 7.41. The maximum atomic E-state index is 7.32. The van der Waals surface area contributed by atoms with Crippen LogP contribution in [-0.2, 0) is 0 Å². The van der Waals surface area contributed by atoms with Gasteiger partial charge in [0.15, 0.2) is 0 Å². The molecule has 1 rings (SSSR count). The topological polar surface area (TPSA) is 35.0 Å². The highest BCUT2D eigenvalue weighted by atomic mass is 16.5. The molecule has 0 spiro atoms. The molecule has 0 atom stereocenters. The van der Waals surface area contributed by atoms with Crippen molar-refractivity contribution < 1.29 is 11.6 Å². The number of hydrogen-bond donors (Lipinski definition) is 0. The predicted molar refractivity (Wildman–Crippen MR) is 42.7 cm³/mol. The minimum Gasteiger partial charge on any atom is -0.480 e. The number of rotatable bonds is 2. The summed E-state index contributed by atoms with van der Waals surface area (Å²) in [5.74, 6) is -0.328.